The van der Waals surface area contributed by atoms with E-state index in [0.717, 1.165) is 6.07 Å². The van der Waals surface area contributed by atoms with Crippen LogP contribution in [0.1, 0.15) is 12.0 Å². The Bertz CT molecular complexity index is 627. The van der Waals surface area contributed by atoms with Crippen LogP contribution in [-0.4, -0.2) is 0 Å². The van der Waals surface area contributed by atoms with E-state index in [4.69, 9.17) is 17.3 Å². The third-order valence-electron chi connectivity index (χ3n) is 2.58. The highest BCUT2D eigenvalue weighted by atomic mass is 79.9. The summed E-state index contributed by atoms with van der Waals surface area (Å²) in [6, 6.07) is 6.36. The molecule has 0 bridgehead atoms. The van der Waals surface area contributed by atoms with E-state index in [-0.39, 0.29) is 22.0 Å². The Kier molecular flexibility index (Phi) is 4.45. The molecule has 0 unspecified atom stereocenters. The van der Waals surface area contributed by atoms with Gasteiger partial charge in [-0.15, -0.1) is 0 Å². The molecule has 0 aliphatic heterocycles. The van der Waals surface area contributed by atoms with E-state index in [9.17, 15) is 13.2 Å². The summed E-state index contributed by atoms with van der Waals surface area (Å²) in [4.78, 5) is 0. The summed E-state index contributed by atoms with van der Waals surface area (Å²) in [6.45, 7) is 0. The van der Waals surface area contributed by atoms with E-state index < -0.39 is 12.2 Å². The Hall–Kier alpha value is -1.40. The van der Waals surface area contributed by atoms with Crippen molar-refractivity contribution in [3.8, 4) is 0 Å². The fourth-order valence-corrected chi connectivity index (χ4v) is 2.57. The second kappa shape index (κ2) is 5.93. The van der Waals surface area contributed by atoms with Crippen molar-refractivity contribution in [3.05, 3.63) is 51.2 Å². The highest BCUT2D eigenvalue weighted by molar-refractivity contribution is 9.10. The molecule has 0 heterocycles. The standard InChI is InChI=1S/C13H9BrClF3N2/c14-9-3-6(16)4-10(15)12(9)20-11-2-1-7(19)5-8(11)13(17)18/h1-5,13,20H,19H2. The molecule has 0 saturated heterocycles. The van der Waals surface area contributed by atoms with Gasteiger partial charge in [0.15, 0.2) is 0 Å². The lowest BCUT2D eigenvalue weighted by molar-refractivity contribution is 0.152. The van der Waals surface area contributed by atoms with Crippen LogP contribution in [0.4, 0.5) is 30.2 Å². The van der Waals surface area contributed by atoms with Crippen LogP contribution in [0.15, 0.2) is 34.8 Å². The normalized spacial score (nSPS) is 10.9. The Morgan fingerprint density at radius 3 is 2.50 bits per heavy atom. The molecule has 0 aliphatic rings. The third kappa shape index (κ3) is 3.19. The Morgan fingerprint density at radius 1 is 1.20 bits per heavy atom. The van der Waals surface area contributed by atoms with E-state index in [1.54, 1.807) is 0 Å². The minimum atomic E-state index is -2.70. The number of nitrogens with two attached hydrogens (primary N) is 1. The van der Waals surface area contributed by atoms with Crippen LogP contribution in [0.5, 0.6) is 0 Å². The monoisotopic (exact) mass is 364 g/mol. The maximum absolute atomic E-state index is 13.1. The number of nitrogens with one attached hydrogen (secondary N) is 1. The minimum absolute atomic E-state index is 0.0777. The van der Waals surface area contributed by atoms with Crippen molar-refractivity contribution in [1.82, 2.24) is 0 Å². The highest BCUT2D eigenvalue weighted by Crippen LogP contribution is 2.37. The first kappa shape index (κ1) is 15.0. The van der Waals surface area contributed by atoms with Gasteiger partial charge in [-0.1, -0.05) is 11.6 Å². The lowest BCUT2D eigenvalue weighted by atomic mass is 10.1. The summed E-state index contributed by atoms with van der Waals surface area (Å²) in [5, 5.41) is 2.84. The van der Waals surface area contributed by atoms with E-state index >= 15 is 0 Å². The molecule has 106 valence electrons. The van der Waals surface area contributed by atoms with Gasteiger partial charge in [0.05, 0.1) is 10.7 Å². The van der Waals surface area contributed by atoms with Gasteiger partial charge in [-0.3, -0.25) is 0 Å². The maximum atomic E-state index is 13.1. The first-order chi connectivity index (χ1) is 9.38. The van der Waals surface area contributed by atoms with Crippen LogP contribution in [-0.2, 0) is 0 Å². The van der Waals surface area contributed by atoms with Gasteiger partial charge in [-0.25, -0.2) is 13.2 Å². The van der Waals surface area contributed by atoms with Gasteiger partial charge in [-0.05, 0) is 46.3 Å². The first-order valence-corrected chi connectivity index (χ1v) is 6.64. The number of alkyl halides is 2. The van der Waals surface area contributed by atoms with Crippen molar-refractivity contribution in [2.24, 2.45) is 0 Å². The smallest absolute Gasteiger partial charge is 0.265 e. The molecule has 0 amide bonds. The van der Waals surface area contributed by atoms with Crippen LogP contribution < -0.4 is 11.1 Å². The second-order valence-electron chi connectivity index (χ2n) is 4.02. The zero-order valence-electron chi connectivity index (χ0n) is 9.93. The number of rotatable bonds is 3. The van der Waals surface area contributed by atoms with Crippen molar-refractivity contribution >= 4 is 44.6 Å². The fraction of sp³-hybridized carbons (Fsp3) is 0.0769. The SMILES string of the molecule is Nc1ccc(Nc2c(Cl)cc(F)cc2Br)c(C(F)F)c1. The second-order valence-corrected chi connectivity index (χ2v) is 5.28. The molecular formula is C13H9BrClF3N2. The molecule has 0 radical (unpaired) electrons. The van der Waals surface area contributed by atoms with Crippen molar-refractivity contribution in [3.63, 3.8) is 0 Å². The molecule has 2 nitrogen and oxygen atoms in total. The summed E-state index contributed by atoms with van der Waals surface area (Å²) in [5.74, 6) is -0.529. The van der Waals surface area contributed by atoms with E-state index in [2.05, 4.69) is 21.2 Å². The molecule has 0 spiro atoms. The van der Waals surface area contributed by atoms with Crippen molar-refractivity contribution in [2.45, 2.75) is 6.43 Å². The molecule has 2 rings (SSSR count). The maximum Gasteiger partial charge on any atom is 0.265 e. The number of benzene rings is 2. The quantitative estimate of drug-likeness (QED) is 0.704. The predicted octanol–water partition coefficient (Wildman–Crippen LogP) is 5.51. The van der Waals surface area contributed by atoms with Crippen molar-refractivity contribution < 1.29 is 13.2 Å². The molecule has 0 aliphatic carbocycles. The number of halogens is 5. The van der Waals surface area contributed by atoms with E-state index in [1.807, 2.05) is 0 Å². The van der Waals surface area contributed by atoms with Gasteiger partial charge in [0, 0.05) is 21.4 Å². The number of nitrogen functional groups attached to an aromatic ring is 1. The van der Waals surface area contributed by atoms with Crippen LogP contribution >= 0.6 is 27.5 Å². The fourth-order valence-electron chi connectivity index (χ4n) is 1.67. The first-order valence-electron chi connectivity index (χ1n) is 5.47. The van der Waals surface area contributed by atoms with Crippen LogP contribution in [0, 0.1) is 5.82 Å². The average molecular weight is 366 g/mol. The summed E-state index contributed by atoms with van der Waals surface area (Å²) in [6.07, 6.45) is -2.70. The average Bonchev–Trinajstić information content (AvgIpc) is 2.34. The summed E-state index contributed by atoms with van der Waals surface area (Å²) in [7, 11) is 0. The molecule has 0 aromatic heterocycles. The van der Waals surface area contributed by atoms with Gasteiger partial charge in [0.1, 0.15) is 5.82 Å². The van der Waals surface area contributed by atoms with Crippen LogP contribution in [0.3, 0.4) is 0 Å². The summed E-state index contributed by atoms with van der Waals surface area (Å²) < 4.78 is 39.4. The van der Waals surface area contributed by atoms with Crippen molar-refractivity contribution in [2.75, 3.05) is 11.1 Å². The molecule has 7 heteroatoms. The highest BCUT2D eigenvalue weighted by Gasteiger charge is 2.16. The zero-order chi connectivity index (χ0) is 14.9. The molecule has 3 N–H and O–H groups in total. The zero-order valence-corrected chi connectivity index (χ0v) is 12.3. The Morgan fingerprint density at radius 2 is 1.90 bits per heavy atom. The molecule has 0 saturated carbocycles. The summed E-state index contributed by atoms with van der Waals surface area (Å²) in [5.41, 5.74) is 5.93. The molecule has 0 fully saturated rings. The molecule has 2 aromatic carbocycles. The van der Waals surface area contributed by atoms with Gasteiger partial charge in [0.25, 0.3) is 6.43 Å². The third-order valence-corrected chi connectivity index (χ3v) is 3.50. The predicted molar refractivity (Wildman–Crippen MR) is 78.2 cm³/mol. The lowest BCUT2D eigenvalue weighted by Crippen LogP contribution is -2.00. The number of anilines is 3. The van der Waals surface area contributed by atoms with Gasteiger partial charge in [-0.2, -0.15) is 0 Å². The van der Waals surface area contributed by atoms with Gasteiger partial charge >= 0.3 is 0 Å². The largest absolute Gasteiger partial charge is 0.399 e. The summed E-state index contributed by atoms with van der Waals surface area (Å²) >= 11 is 9.04. The molecule has 0 atom stereocenters. The Balaban J connectivity index is 2.45. The molecule has 20 heavy (non-hydrogen) atoms. The minimum Gasteiger partial charge on any atom is -0.399 e. The van der Waals surface area contributed by atoms with Gasteiger partial charge < -0.3 is 11.1 Å². The number of hydrogen-bond donors (Lipinski definition) is 2. The topological polar surface area (TPSA) is 38.0 Å². The Labute approximate surface area is 126 Å². The van der Waals surface area contributed by atoms with Crippen LogP contribution in [0.25, 0.3) is 0 Å². The molecular weight excluding hydrogens is 357 g/mol. The molecule has 2 aromatic rings. The van der Waals surface area contributed by atoms with Crippen LogP contribution in [0.2, 0.25) is 5.02 Å². The van der Waals surface area contributed by atoms with Gasteiger partial charge in [0.2, 0.25) is 0 Å². The number of hydrogen-bond acceptors (Lipinski definition) is 2. The van der Waals surface area contributed by atoms with Crippen molar-refractivity contribution in [1.29, 1.82) is 0 Å². The van der Waals surface area contributed by atoms with E-state index in [0.29, 0.717) is 10.2 Å². The van der Waals surface area contributed by atoms with E-state index in [1.165, 1.54) is 24.3 Å². The lowest BCUT2D eigenvalue weighted by Gasteiger charge is -2.15.